The van der Waals surface area contributed by atoms with E-state index in [0.717, 1.165) is 23.7 Å². The molecule has 0 amide bonds. The van der Waals surface area contributed by atoms with Gasteiger partial charge in [-0.1, -0.05) is 42.8 Å². The molecular weight excluding hydrogens is 293 g/mol. The van der Waals surface area contributed by atoms with E-state index in [1.54, 1.807) is 0 Å². The van der Waals surface area contributed by atoms with E-state index in [9.17, 15) is 4.39 Å². The van der Waals surface area contributed by atoms with Crippen molar-refractivity contribution in [3.63, 3.8) is 0 Å². The fourth-order valence-electron chi connectivity index (χ4n) is 2.23. The van der Waals surface area contributed by atoms with E-state index in [-0.39, 0.29) is 11.2 Å². The Hall–Kier alpha value is -0.410. The van der Waals surface area contributed by atoms with Gasteiger partial charge < -0.3 is 5.32 Å². The first kappa shape index (κ1) is 15.6. The lowest BCUT2D eigenvalue weighted by molar-refractivity contribution is 0.263. The topological polar surface area (TPSA) is 12.0 Å². The van der Waals surface area contributed by atoms with E-state index in [2.05, 4.69) is 42.0 Å². The van der Waals surface area contributed by atoms with Gasteiger partial charge in [-0.15, -0.1) is 0 Å². The summed E-state index contributed by atoms with van der Waals surface area (Å²) < 4.78 is 13.8. The summed E-state index contributed by atoms with van der Waals surface area (Å²) in [6, 6.07) is 5.44. The van der Waals surface area contributed by atoms with Gasteiger partial charge in [-0.2, -0.15) is 0 Å². The van der Waals surface area contributed by atoms with Gasteiger partial charge in [-0.25, -0.2) is 4.39 Å². The average Bonchev–Trinajstić information content (AvgIpc) is 2.25. The van der Waals surface area contributed by atoms with Crippen LogP contribution in [0.5, 0.6) is 0 Å². The molecule has 1 N–H and O–H groups in total. The summed E-state index contributed by atoms with van der Waals surface area (Å²) in [5, 5.41) is 3.38. The molecule has 0 radical (unpaired) electrons. The zero-order valence-electron chi connectivity index (χ0n) is 11.7. The van der Waals surface area contributed by atoms with E-state index in [0.29, 0.717) is 6.04 Å². The molecule has 0 spiro atoms. The number of aryl methyl sites for hydroxylation is 1. The minimum atomic E-state index is -0.187. The highest BCUT2D eigenvalue weighted by atomic mass is 79.9. The lowest BCUT2D eigenvalue weighted by Crippen LogP contribution is -2.37. The molecule has 0 aromatic heterocycles. The van der Waals surface area contributed by atoms with Crippen LogP contribution in [-0.4, -0.2) is 13.1 Å². The second-order valence-electron chi connectivity index (χ2n) is 5.84. The maximum absolute atomic E-state index is 13.0. The Bertz CT molecular complexity index is 385. The molecular formula is C15H23BrFN. The highest BCUT2D eigenvalue weighted by Crippen LogP contribution is 2.25. The van der Waals surface area contributed by atoms with Crippen LogP contribution in [0.25, 0.3) is 0 Å². The van der Waals surface area contributed by atoms with Crippen molar-refractivity contribution in [1.82, 2.24) is 5.32 Å². The fourth-order valence-corrected chi connectivity index (χ4v) is 2.78. The maximum atomic E-state index is 13.0. The van der Waals surface area contributed by atoms with E-state index in [4.69, 9.17) is 0 Å². The molecule has 0 aliphatic rings. The van der Waals surface area contributed by atoms with Crippen molar-refractivity contribution in [2.75, 3.05) is 7.05 Å². The molecule has 0 saturated carbocycles. The van der Waals surface area contributed by atoms with E-state index in [1.807, 2.05) is 13.1 Å². The highest BCUT2D eigenvalue weighted by molar-refractivity contribution is 9.10. The Kier molecular flexibility index (Phi) is 5.80. The first-order valence-electron chi connectivity index (χ1n) is 6.46. The smallest absolute Gasteiger partial charge is 0.124 e. The van der Waals surface area contributed by atoms with Crippen LogP contribution in [0.2, 0.25) is 0 Å². The Morgan fingerprint density at radius 3 is 2.50 bits per heavy atom. The Morgan fingerprint density at radius 1 is 1.33 bits per heavy atom. The van der Waals surface area contributed by atoms with Gasteiger partial charge in [0, 0.05) is 10.5 Å². The molecule has 1 atom stereocenters. The molecule has 0 fully saturated rings. The predicted octanol–water partition coefficient (Wildman–Crippen LogP) is 4.55. The monoisotopic (exact) mass is 315 g/mol. The van der Waals surface area contributed by atoms with Crippen LogP contribution in [0, 0.1) is 11.2 Å². The SMILES string of the molecule is CNC(CCCc1ccc(F)cc1Br)C(C)(C)C. The summed E-state index contributed by atoms with van der Waals surface area (Å²) in [4.78, 5) is 0. The van der Waals surface area contributed by atoms with Gasteiger partial charge in [0.2, 0.25) is 0 Å². The molecule has 18 heavy (non-hydrogen) atoms. The third-order valence-electron chi connectivity index (χ3n) is 3.35. The van der Waals surface area contributed by atoms with Crippen molar-refractivity contribution in [3.05, 3.63) is 34.1 Å². The molecule has 0 bridgehead atoms. The van der Waals surface area contributed by atoms with Crippen molar-refractivity contribution in [2.45, 2.75) is 46.1 Å². The summed E-state index contributed by atoms with van der Waals surface area (Å²) in [7, 11) is 2.02. The van der Waals surface area contributed by atoms with Crippen LogP contribution in [0.1, 0.15) is 39.2 Å². The van der Waals surface area contributed by atoms with Gasteiger partial charge in [0.25, 0.3) is 0 Å². The number of benzene rings is 1. The van der Waals surface area contributed by atoms with Crippen LogP contribution in [0.15, 0.2) is 22.7 Å². The Balaban J connectivity index is 2.51. The Morgan fingerprint density at radius 2 is 2.00 bits per heavy atom. The molecule has 3 heteroatoms. The van der Waals surface area contributed by atoms with Crippen LogP contribution in [0.3, 0.4) is 0 Å². The molecule has 0 heterocycles. The van der Waals surface area contributed by atoms with Gasteiger partial charge in [0.1, 0.15) is 5.82 Å². The molecule has 102 valence electrons. The van der Waals surface area contributed by atoms with Crippen LogP contribution < -0.4 is 5.32 Å². The van der Waals surface area contributed by atoms with Gasteiger partial charge in [0.05, 0.1) is 0 Å². The largest absolute Gasteiger partial charge is 0.316 e. The molecule has 0 saturated heterocycles. The zero-order valence-corrected chi connectivity index (χ0v) is 13.3. The second-order valence-corrected chi connectivity index (χ2v) is 6.69. The zero-order chi connectivity index (χ0) is 13.8. The fraction of sp³-hybridized carbons (Fsp3) is 0.600. The first-order chi connectivity index (χ1) is 8.34. The molecule has 0 aliphatic heterocycles. The molecule has 0 aliphatic carbocycles. The number of halogens is 2. The highest BCUT2D eigenvalue weighted by Gasteiger charge is 2.22. The third kappa shape index (κ3) is 4.69. The molecule has 1 aromatic carbocycles. The molecule has 1 unspecified atom stereocenters. The number of nitrogens with one attached hydrogen (secondary N) is 1. The number of rotatable bonds is 5. The van der Waals surface area contributed by atoms with Crippen molar-refractivity contribution >= 4 is 15.9 Å². The third-order valence-corrected chi connectivity index (χ3v) is 4.09. The Labute approximate surface area is 118 Å². The first-order valence-corrected chi connectivity index (χ1v) is 7.25. The van der Waals surface area contributed by atoms with Crippen molar-refractivity contribution in [3.8, 4) is 0 Å². The lowest BCUT2D eigenvalue weighted by Gasteiger charge is -2.30. The van der Waals surface area contributed by atoms with Gasteiger partial charge in [-0.05, 0) is 49.4 Å². The van der Waals surface area contributed by atoms with Gasteiger partial charge in [0.15, 0.2) is 0 Å². The van der Waals surface area contributed by atoms with Crippen LogP contribution in [-0.2, 0) is 6.42 Å². The number of hydrogen-bond acceptors (Lipinski definition) is 1. The van der Waals surface area contributed by atoms with Gasteiger partial charge in [-0.3, -0.25) is 0 Å². The minimum absolute atomic E-state index is 0.187. The van der Waals surface area contributed by atoms with Crippen molar-refractivity contribution < 1.29 is 4.39 Å². The second kappa shape index (κ2) is 6.67. The minimum Gasteiger partial charge on any atom is -0.316 e. The normalized spacial score (nSPS) is 13.7. The van der Waals surface area contributed by atoms with E-state index >= 15 is 0 Å². The summed E-state index contributed by atoms with van der Waals surface area (Å²) in [6.45, 7) is 6.76. The number of hydrogen-bond donors (Lipinski definition) is 1. The van der Waals surface area contributed by atoms with E-state index < -0.39 is 0 Å². The summed E-state index contributed by atoms with van der Waals surface area (Å²) >= 11 is 3.42. The van der Waals surface area contributed by atoms with Crippen LogP contribution in [0.4, 0.5) is 4.39 Å². The maximum Gasteiger partial charge on any atom is 0.124 e. The summed E-state index contributed by atoms with van der Waals surface area (Å²) in [6.07, 6.45) is 3.21. The van der Waals surface area contributed by atoms with Crippen LogP contribution >= 0.6 is 15.9 Å². The standard InChI is InChI=1S/C15H23BrFN/c1-15(2,3)14(18-4)7-5-6-11-8-9-12(17)10-13(11)16/h8-10,14,18H,5-7H2,1-4H3. The predicted molar refractivity (Wildman–Crippen MR) is 79.3 cm³/mol. The van der Waals surface area contributed by atoms with Crippen molar-refractivity contribution in [2.24, 2.45) is 5.41 Å². The van der Waals surface area contributed by atoms with E-state index in [1.165, 1.54) is 17.7 Å². The summed E-state index contributed by atoms with van der Waals surface area (Å²) in [5.41, 5.74) is 1.45. The molecule has 1 rings (SSSR count). The molecule has 1 aromatic rings. The van der Waals surface area contributed by atoms with Gasteiger partial charge >= 0.3 is 0 Å². The quantitative estimate of drug-likeness (QED) is 0.840. The van der Waals surface area contributed by atoms with Crippen molar-refractivity contribution in [1.29, 1.82) is 0 Å². The lowest BCUT2D eigenvalue weighted by atomic mass is 9.83. The average molecular weight is 316 g/mol. The summed E-state index contributed by atoms with van der Waals surface area (Å²) in [5.74, 6) is -0.187. The molecule has 1 nitrogen and oxygen atoms in total.